The zero-order valence-electron chi connectivity index (χ0n) is 12.0. The molecule has 0 saturated heterocycles. The van der Waals surface area contributed by atoms with Crippen LogP contribution >= 0.6 is 11.3 Å². The number of H-pyrrole nitrogens is 1. The maximum Gasteiger partial charge on any atom is 0.360 e. The third kappa shape index (κ3) is 3.27. The fourth-order valence-corrected chi connectivity index (χ4v) is 2.58. The third-order valence-corrected chi connectivity index (χ3v) is 3.58. The number of hydrogen-bond donors (Lipinski definition) is 1. The Kier molecular flexibility index (Phi) is 4.37. The van der Waals surface area contributed by atoms with Crippen LogP contribution in [0.1, 0.15) is 20.8 Å². The van der Waals surface area contributed by atoms with Gasteiger partial charge in [-0.25, -0.2) is 14.2 Å². The van der Waals surface area contributed by atoms with Crippen molar-refractivity contribution >= 4 is 23.2 Å². The molecule has 2 heterocycles. The minimum absolute atomic E-state index is 0.0148. The topological polar surface area (TPSA) is 88.1 Å². The molecule has 0 saturated carbocycles. The standard InChI is InChI=1S/C13H16N4O3S/c1-8(2)7-16(9(3)18)11-14-12(19)17(13(20)15-11)10-5-4-6-21-10/h4-6,8H,7H2,1-3H3,(H,14,15,19,20). The highest BCUT2D eigenvalue weighted by Gasteiger charge is 2.18. The number of carbonyl (C=O) groups excluding carboxylic acids is 1. The van der Waals surface area contributed by atoms with E-state index in [-0.39, 0.29) is 17.8 Å². The van der Waals surface area contributed by atoms with Gasteiger partial charge in [0.2, 0.25) is 11.9 Å². The van der Waals surface area contributed by atoms with Gasteiger partial charge in [0.05, 0.1) is 0 Å². The van der Waals surface area contributed by atoms with Gasteiger partial charge in [-0.1, -0.05) is 13.8 Å². The predicted molar refractivity (Wildman–Crippen MR) is 81.2 cm³/mol. The van der Waals surface area contributed by atoms with Crippen molar-refractivity contribution in [2.24, 2.45) is 5.92 Å². The summed E-state index contributed by atoms with van der Waals surface area (Å²) in [5.41, 5.74) is -1.31. The maximum absolute atomic E-state index is 12.1. The van der Waals surface area contributed by atoms with E-state index in [9.17, 15) is 14.4 Å². The lowest BCUT2D eigenvalue weighted by atomic mass is 10.2. The number of hydrogen-bond acceptors (Lipinski definition) is 5. The van der Waals surface area contributed by atoms with Crippen LogP contribution in [-0.2, 0) is 4.79 Å². The number of amides is 1. The summed E-state index contributed by atoms with van der Waals surface area (Å²) in [6, 6.07) is 3.39. The molecule has 0 spiro atoms. The number of thiophene rings is 1. The monoisotopic (exact) mass is 308 g/mol. The second-order valence-corrected chi connectivity index (χ2v) is 5.88. The molecule has 0 aliphatic carbocycles. The van der Waals surface area contributed by atoms with Crippen LogP contribution in [0, 0.1) is 5.92 Å². The van der Waals surface area contributed by atoms with Gasteiger partial charge in [0.25, 0.3) is 0 Å². The molecular formula is C13H16N4O3S. The smallest absolute Gasteiger partial charge is 0.282 e. The van der Waals surface area contributed by atoms with Gasteiger partial charge in [0.15, 0.2) is 0 Å². The first-order valence-corrected chi connectivity index (χ1v) is 7.33. The van der Waals surface area contributed by atoms with Crippen molar-refractivity contribution in [3.8, 4) is 5.00 Å². The number of anilines is 1. The molecule has 0 fully saturated rings. The molecule has 1 N–H and O–H groups in total. The summed E-state index contributed by atoms with van der Waals surface area (Å²) >= 11 is 1.26. The first-order valence-electron chi connectivity index (χ1n) is 6.45. The lowest BCUT2D eigenvalue weighted by Crippen LogP contribution is -2.41. The second-order valence-electron chi connectivity index (χ2n) is 4.96. The quantitative estimate of drug-likeness (QED) is 0.912. The second kappa shape index (κ2) is 6.04. The highest BCUT2D eigenvalue weighted by molar-refractivity contribution is 7.12. The van der Waals surface area contributed by atoms with E-state index in [1.165, 1.54) is 23.2 Å². The molecule has 21 heavy (non-hydrogen) atoms. The van der Waals surface area contributed by atoms with Crippen molar-refractivity contribution in [1.82, 2.24) is 14.5 Å². The zero-order chi connectivity index (χ0) is 15.6. The highest BCUT2D eigenvalue weighted by atomic mass is 32.1. The molecule has 0 bridgehead atoms. The number of aromatic nitrogens is 3. The Bertz CT molecular complexity index is 714. The number of carbonyl (C=O) groups is 1. The van der Waals surface area contributed by atoms with Crippen LogP contribution in [-0.4, -0.2) is 27.0 Å². The van der Waals surface area contributed by atoms with Gasteiger partial charge in [0.1, 0.15) is 5.00 Å². The lowest BCUT2D eigenvalue weighted by Gasteiger charge is -2.21. The summed E-state index contributed by atoms with van der Waals surface area (Å²) in [7, 11) is 0. The van der Waals surface area contributed by atoms with E-state index in [1.807, 2.05) is 13.8 Å². The first kappa shape index (κ1) is 15.2. The van der Waals surface area contributed by atoms with Gasteiger partial charge in [-0.3, -0.25) is 14.7 Å². The minimum Gasteiger partial charge on any atom is -0.282 e. The van der Waals surface area contributed by atoms with Crippen LogP contribution in [0.4, 0.5) is 5.95 Å². The van der Waals surface area contributed by atoms with Crippen LogP contribution in [0.3, 0.4) is 0 Å². The molecule has 0 aliphatic rings. The van der Waals surface area contributed by atoms with Gasteiger partial charge in [-0.05, 0) is 23.4 Å². The summed E-state index contributed by atoms with van der Waals surface area (Å²) < 4.78 is 0.946. The summed E-state index contributed by atoms with van der Waals surface area (Å²) in [5.74, 6) is -0.113. The van der Waals surface area contributed by atoms with Crippen molar-refractivity contribution in [2.45, 2.75) is 20.8 Å². The first-order chi connectivity index (χ1) is 9.90. The Morgan fingerprint density at radius 1 is 1.48 bits per heavy atom. The van der Waals surface area contributed by atoms with Crippen molar-refractivity contribution in [2.75, 3.05) is 11.4 Å². The zero-order valence-corrected chi connectivity index (χ0v) is 12.8. The SMILES string of the molecule is CC(=O)N(CC(C)C)c1nc(=O)n(-c2cccs2)c(=O)[nH]1. The number of nitrogens with zero attached hydrogens (tertiary/aromatic N) is 3. The van der Waals surface area contributed by atoms with Crippen LogP contribution in [0.15, 0.2) is 27.1 Å². The molecule has 0 atom stereocenters. The molecule has 8 heteroatoms. The van der Waals surface area contributed by atoms with E-state index >= 15 is 0 Å². The lowest BCUT2D eigenvalue weighted by molar-refractivity contribution is -0.116. The van der Waals surface area contributed by atoms with Crippen molar-refractivity contribution in [1.29, 1.82) is 0 Å². The van der Waals surface area contributed by atoms with Gasteiger partial charge in [-0.15, -0.1) is 11.3 Å². The molecule has 112 valence electrons. The average molecular weight is 308 g/mol. The van der Waals surface area contributed by atoms with Gasteiger partial charge in [0, 0.05) is 13.5 Å². The van der Waals surface area contributed by atoms with Crippen LogP contribution in [0.2, 0.25) is 0 Å². The molecule has 0 radical (unpaired) electrons. The van der Waals surface area contributed by atoms with Crippen LogP contribution < -0.4 is 16.3 Å². The van der Waals surface area contributed by atoms with E-state index < -0.39 is 11.4 Å². The van der Waals surface area contributed by atoms with Crippen molar-refractivity contribution < 1.29 is 4.79 Å². The fourth-order valence-electron chi connectivity index (χ4n) is 1.86. The largest absolute Gasteiger partial charge is 0.360 e. The molecule has 0 unspecified atom stereocenters. The van der Waals surface area contributed by atoms with Gasteiger partial charge < -0.3 is 0 Å². The highest BCUT2D eigenvalue weighted by Crippen LogP contribution is 2.11. The molecular weight excluding hydrogens is 292 g/mol. The number of rotatable bonds is 4. The number of aromatic amines is 1. The van der Waals surface area contributed by atoms with Crippen molar-refractivity contribution in [3.05, 3.63) is 38.5 Å². The van der Waals surface area contributed by atoms with E-state index in [1.54, 1.807) is 17.5 Å². The van der Waals surface area contributed by atoms with E-state index in [0.717, 1.165) is 4.57 Å². The van der Waals surface area contributed by atoms with E-state index in [0.29, 0.717) is 11.5 Å². The van der Waals surface area contributed by atoms with E-state index in [4.69, 9.17) is 0 Å². The molecule has 1 amide bonds. The predicted octanol–water partition coefficient (Wildman–Crippen LogP) is 0.991. The summed E-state index contributed by atoms with van der Waals surface area (Å²) in [6.07, 6.45) is 0. The molecule has 2 aromatic heterocycles. The Morgan fingerprint density at radius 3 is 2.67 bits per heavy atom. The van der Waals surface area contributed by atoms with Crippen molar-refractivity contribution in [3.63, 3.8) is 0 Å². The minimum atomic E-state index is -0.703. The Morgan fingerprint density at radius 2 is 2.19 bits per heavy atom. The van der Waals surface area contributed by atoms with E-state index in [2.05, 4.69) is 9.97 Å². The summed E-state index contributed by atoms with van der Waals surface area (Å²) in [6.45, 7) is 5.61. The summed E-state index contributed by atoms with van der Waals surface area (Å²) in [4.78, 5) is 43.5. The molecule has 0 aliphatic heterocycles. The Balaban J connectivity index is 2.51. The van der Waals surface area contributed by atoms with Crippen LogP contribution in [0.5, 0.6) is 0 Å². The van der Waals surface area contributed by atoms with Gasteiger partial charge in [-0.2, -0.15) is 4.98 Å². The third-order valence-electron chi connectivity index (χ3n) is 2.72. The normalized spacial score (nSPS) is 10.9. The maximum atomic E-state index is 12.1. The molecule has 0 aromatic carbocycles. The fraction of sp³-hybridized carbons (Fsp3) is 0.385. The molecule has 2 rings (SSSR count). The Labute approximate surface area is 124 Å². The Hall–Kier alpha value is -2.22. The molecule has 2 aromatic rings. The number of nitrogens with one attached hydrogen (secondary N) is 1. The average Bonchev–Trinajstić information content (AvgIpc) is 2.88. The van der Waals surface area contributed by atoms with Gasteiger partial charge >= 0.3 is 11.4 Å². The summed E-state index contributed by atoms with van der Waals surface area (Å²) in [5, 5.41) is 2.24. The van der Waals surface area contributed by atoms with Crippen LogP contribution in [0.25, 0.3) is 5.00 Å². The molecule has 7 nitrogen and oxygen atoms in total.